The Labute approximate surface area is 111 Å². The van der Waals surface area contributed by atoms with Gasteiger partial charge in [0.25, 0.3) is 5.69 Å². The Morgan fingerprint density at radius 3 is 2.55 bits per heavy atom. The van der Waals surface area contributed by atoms with Crippen molar-refractivity contribution in [2.75, 3.05) is 24.6 Å². The summed E-state index contributed by atoms with van der Waals surface area (Å²) in [6.07, 6.45) is -4.52. The highest BCUT2D eigenvalue weighted by Gasteiger charge is 2.31. The molecule has 0 aliphatic rings. The van der Waals surface area contributed by atoms with Crippen LogP contribution in [0.1, 0.15) is 5.56 Å². The van der Waals surface area contributed by atoms with Crippen LogP contribution in [0.15, 0.2) is 18.2 Å². The number of nitriles is 1. The zero-order chi connectivity index (χ0) is 15.3. The first-order valence-corrected chi connectivity index (χ1v) is 5.39. The first-order valence-electron chi connectivity index (χ1n) is 5.39. The molecule has 0 saturated carbocycles. The number of rotatable bonds is 5. The van der Waals surface area contributed by atoms with Crippen LogP contribution in [-0.4, -0.2) is 35.9 Å². The number of aliphatic hydroxyl groups excluding tert-OH is 1. The van der Waals surface area contributed by atoms with Crippen molar-refractivity contribution in [2.45, 2.75) is 6.18 Å². The van der Waals surface area contributed by atoms with E-state index in [0.29, 0.717) is 0 Å². The maximum Gasteiger partial charge on any atom is 0.405 e. The molecule has 108 valence electrons. The number of alkyl halides is 3. The van der Waals surface area contributed by atoms with Crippen LogP contribution in [-0.2, 0) is 0 Å². The highest BCUT2D eigenvalue weighted by atomic mass is 19.4. The third-order valence-electron chi connectivity index (χ3n) is 2.40. The molecule has 0 aromatic heterocycles. The Balaban J connectivity index is 3.18. The summed E-state index contributed by atoms with van der Waals surface area (Å²) in [6.45, 7) is -2.22. The number of hydrogen-bond donors (Lipinski definition) is 1. The van der Waals surface area contributed by atoms with Crippen LogP contribution in [0, 0.1) is 21.4 Å². The molecular formula is C11H10F3N3O3. The van der Waals surface area contributed by atoms with Gasteiger partial charge in [-0.05, 0) is 12.1 Å². The first-order chi connectivity index (χ1) is 9.28. The van der Waals surface area contributed by atoms with E-state index in [9.17, 15) is 23.3 Å². The Bertz CT molecular complexity index is 540. The van der Waals surface area contributed by atoms with Crippen LogP contribution < -0.4 is 4.90 Å². The predicted molar refractivity (Wildman–Crippen MR) is 63.2 cm³/mol. The van der Waals surface area contributed by atoms with E-state index in [1.807, 2.05) is 0 Å². The molecule has 1 N–H and O–H groups in total. The van der Waals surface area contributed by atoms with Gasteiger partial charge in [-0.2, -0.15) is 18.4 Å². The fraction of sp³-hybridized carbons (Fsp3) is 0.364. The lowest BCUT2D eigenvalue weighted by atomic mass is 10.1. The molecule has 0 unspecified atom stereocenters. The van der Waals surface area contributed by atoms with Gasteiger partial charge in [0.2, 0.25) is 0 Å². The Morgan fingerprint density at radius 2 is 2.10 bits per heavy atom. The molecule has 1 aromatic carbocycles. The molecule has 1 aromatic rings. The number of nitro groups is 1. The van der Waals surface area contributed by atoms with Gasteiger partial charge in [0.1, 0.15) is 18.2 Å². The van der Waals surface area contributed by atoms with Gasteiger partial charge in [0, 0.05) is 18.3 Å². The molecule has 1 rings (SSSR count). The van der Waals surface area contributed by atoms with E-state index >= 15 is 0 Å². The van der Waals surface area contributed by atoms with Gasteiger partial charge in [-0.3, -0.25) is 10.1 Å². The number of nitrogens with zero attached hydrogens (tertiary/aromatic N) is 3. The monoisotopic (exact) mass is 289 g/mol. The lowest BCUT2D eigenvalue weighted by Gasteiger charge is -2.25. The minimum Gasteiger partial charge on any atom is -0.395 e. The first kappa shape index (κ1) is 15.7. The summed E-state index contributed by atoms with van der Waals surface area (Å²) in [6, 6.07) is 4.73. The topological polar surface area (TPSA) is 90.4 Å². The van der Waals surface area contributed by atoms with E-state index < -0.39 is 29.9 Å². The van der Waals surface area contributed by atoms with E-state index in [4.69, 9.17) is 10.4 Å². The molecule has 9 heteroatoms. The van der Waals surface area contributed by atoms with Crippen LogP contribution in [0.4, 0.5) is 24.5 Å². The summed E-state index contributed by atoms with van der Waals surface area (Å²) in [5.41, 5.74) is -0.896. The molecule has 0 aliphatic carbocycles. The zero-order valence-electron chi connectivity index (χ0n) is 10.1. The van der Waals surface area contributed by atoms with Crippen molar-refractivity contribution in [3.05, 3.63) is 33.9 Å². The molecule has 0 fully saturated rings. The molecule has 0 aliphatic heterocycles. The van der Waals surface area contributed by atoms with E-state index in [1.165, 1.54) is 6.07 Å². The number of aliphatic hydroxyl groups is 1. The molecule has 0 radical (unpaired) electrons. The summed E-state index contributed by atoms with van der Waals surface area (Å²) in [4.78, 5) is 10.7. The standard InChI is InChI=1S/C11H10F3N3O3/c12-11(13,14)7-16(3-4-18)9-2-1-8(6-15)10(5-9)17(19)20/h1-2,5,18H,3-4,7H2. The molecule has 20 heavy (non-hydrogen) atoms. The van der Waals surface area contributed by atoms with Gasteiger partial charge < -0.3 is 10.0 Å². The average molecular weight is 289 g/mol. The van der Waals surface area contributed by atoms with E-state index in [-0.39, 0.29) is 17.8 Å². The second kappa shape index (κ2) is 6.21. The second-order valence-electron chi connectivity index (χ2n) is 3.83. The summed E-state index contributed by atoms with van der Waals surface area (Å²) >= 11 is 0. The zero-order valence-corrected chi connectivity index (χ0v) is 10.1. The quantitative estimate of drug-likeness (QED) is 0.659. The molecular weight excluding hydrogens is 279 g/mol. The number of hydrogen-bond acceptors (Lipinski definition) is 5. The van der Waals surface area contributed by atoms with Crippen molar-refractivity contribution in [1.82, 2.24) is 0 Å². The van der Waals surface area contributed by atoms with E-state index in [0.717, 1.165) is 17.0 Å². The minimum absolute atomic E-state index is 0.0814. The Hall–Kier alpha value is -2.34. The molecule has 0 spiro atoms. The minimum atomic E-state index is -4.52. The van der Waals surface area contributed by atoms with Crippen LogP contribution >= 0.6 is 0 Å². The Morgan fingerprint density at radius 1 is 1.45 bits per heavy atom. The SMILES string of the molecule is N#Cc1ccc(N(CCO)CC(F)(F)F)cc1[N+](=O)[O-]. The summed E-state index contributed by atoms with van der Waals surface area (Å²) in [5, 5.41) is 28.2. The number of anilines is 1. The highest BCUT2D eigenvalue weighted by molar-refractivity contribution is 5.60. The molecule has 6 nitrogen and oxygen atoms in total. The third kappa shape index (κ3) is 4.10. The van der Waals surface area contributed by atoms with E-state index in [2.05, 4.69) is 0 Å². The fourth-order valence-corrected chi connectivity index (χ4v) is 1.60. The van der Waals surface area contributed by atoms with Crippen molar-refractivity contribution in [1.29, 1.82) is 5.26 Å². The summed E-state index contributed by atoms with van der Waals surface area (Å²) in [5.74, 6) is 0. The Kier molecular flexibility index (Phi) is 4.88. The van der Waals surface area contributed by atoms with E-state index in [1.54, 1.807) is 6.07 Å². The predicted octanol–water partition coefficient (Wildman–Crippen LogP) is 1.83. The molecule has 0 saturated heterocycles. The smallest absolute Gasteiger partial charge is 0.395 e. The van der Waals surface area contributed by atoms with Crippen molar-refractivity contribution < 1.29 is 23.2 Å². The van der Waals surface area contributed by atoms with Crippen LogP contribution in [0.3, 0.4) is 0 Å². The van der Waals surface area contributed by atoms with Gasteiger partial charge >= 0.3 is 6.18 Å². The maximum atomic E-state index is 12.4. The summed E-state index contributed by atoms with van der Waals surface area (Å²) in [7, 11) is 0. The van der Waals surface area contributed by atoms with Crippen molar-refractivity contribution >= 4 is 11.4 Å². The van der Waals surface area contributed by atoms with Crippen LogP contribution in [0.5, 0.6) is 0 Å². The lowest BCUT2D eigenvalue weighted by Crippen LogP contribution is -2.36. The molecule has 0 bridgehead atoms. The lowest BCUT2D eigenvalue weighted by molar-refractivity contribution is -0.385. The van der Waals surface area contributed by atoms with Gasteiger partial charge in [-0.25, -0.2) is 0 Å². The maximum absolute atomic E-state index is 12.4. The van der Waals surface area contributed by atoms with Crippen molar-refractivity contribution in [3.8, 4) is 6.07 Å². The van der Waals surface area contributed by atoms with Crippen LogP contribution in [0.2, 0.25) is 0 Å². The molecule has 0 amide bonds. The third-order valence-corrected chi connectivity index (χ3v) is 2.40. The van der Waals surface area contributed by atoms with Gasteiger partial charge in [-0.15, -0.1) is 0 Å². The van der Waals surface area contributed by atoms with Gasteiger partial charge in [0.15, 0.2) is 0 Å². The van der Waals surface area contributed by atoms with Gasteiger partial charge in [0.05, 0.1) is 11.5 Å². The molecule has 0 atom stereocenters. The largest absolute Gasteiger partial charge is 0.405 e. The van der Waals surface area contributed by atoms with Gasteiger partial charge in [-0.1, -0.05) is 0 Å². The normalized spacial score (nSPS) is 10.9. The number of benzene rings is 1. The average Bonchev–Trinajstić information content (AvgIpc) is 2.36. The summed E-state index contributed by atoms with van der Waals surface area (Å²) < 4.78 is 37.2. The van der Waals surface area contributed by atoms with Crippen molar-refractivity contribution in [2.24, 2.45) is 0 Å². The number of halogens is 3. The fourth-order valence-electron chi connectivity index (χ4n) is 1.60. The van der Waals surface area contributed by atoms with Crippen molar-refractivity contribution in [3.63, 3.8) is 0 Å². The van der Waals surface area contributed by atoms with Crippen LogP contribution in [0.25, 0.3) is 0 Å². The molecule has 0 heterocycles. The second-order valence-corrected chi connectivity index (χ2v) is 3.83. The highest BCUT2D eigenvalue weighted by Crippen LogP contribution is 2.27. The number of nitro benzene ring substituents is 1.